The first-order chi connectivity index (χ1) is 11.1. The van der Waals surface area contributed by atoms with Gasteiger partial charge in [0.25, 0.3) is 0 Å². The summed E-state index contributed by atoms with van der Waals surface area (Å²) in [5.74, 6) is 0.127. The molecule has 2 amide bonds. The largest absolute Gasteiger partial charge is 0.443 e. The van der Waals surface area contributed by atoms with Crippen LogP contribution in [0.5, 0.6) is 0 Å². The summed E-state index contributed by atoms with van der Waals surface area (Å²) in [6.45, 7) is 5.56. The average molecular weight is 318 g/mol. The second-order valence-electron chi connectivity index (χ2n) is 5.86. The van der Waals surface area contributed by atoms with Gasteiger partial charge in [0, 0.05) is 51.0 Å². The quantitative estimate of drug-likeness (QED) is 0.885. The van der Waals surface area contributed by atoms with Gasteiger partial charge in [-0.3, -0.25) is 9.69 Å². The lowest BCUT2D eigenvalue weighted by Gasteiger charge is -2.35. The van der Waals surface area contributed by atoms with Crippen molar-refractivity contribution in [1.82, 2.24) is 4.90 Å². The van der Waals surface area contributed by atoms with Gasteiger partial charge in [-0.25, -0.2) is 4.79 Å². The Morgan fingerprint density at radius 1 is 1.17 bits per heavy atom. The van der Waals surface area contributed by atoms with Gasteiger partial charge in [-0.05, 0) is 24.3 Å². The molecule has 124 valence electrons. The molecule has 2 fully saturated rings. The lowest BCUT2D eigenvalue weighted by Crippen LogP contribution is -2.48. The molecular formula is C16H22N4O3. The van der Waals surface area contributed by atoms with Gasteiger partial charge in [-0.2, -0.15) is 0 Å². The molecule has 1 aromatic rings. The SMILES string of the molecule is CC(=O)N1CCN(c2ccc(N3CC(CN)OC3=O)cc2)CC1. The second-order valence-corrected chi connectivity index (χ2v) is 5.86. The molecule has 0 bridgehead atoms. The standard InChI is InChI=1S/C16H22N4O3/c1-12(21)18-6-8-19(9-7-18)13-2-4-14(5-3-13)20-11-15(10-17)23-16(20)22/h2-5,15H,6-11,17H2,1H3. The molecule has 0 aliphatic carbocycles. The number of anilines is 2. The van der Waals surface area contributed by atoms with Crippen LogP contribution in [0.25, 0.3) is 0 Å². The van der Waals surface area contributed by atoms with Crippen molar-refractivity contribution in [3.63, 3.8) is 0 Å². The lowest BCUT2D eigenvalue weighted by atomic mass is 10.2. The number of benzene rings is 1. The number of amides is 2. The molecule has 2 heterocycles. The fourth-order valence-electron chi connectivity index (χ4n) is 2.98. The van der Waals surface area contributed by atoms with Crippen LogP contribution in [0, 0.1) is 0 Å². The highest BCUT2D eigenvalue weighted by molar-refractivity contribution is 5.90. The molecule has 2 N–H and O–H groups in total. The van der Waals surface area contributed by atoms with Crippen LogP contribution in [0.2, 0.25) is 0 Å². The highest BCUT2D eigenvalue weighted by Gasteiger charge is 2.31. The highest BCUT2D eigenvalue weighted by Crippen LogP contribution is 2.25. The number of hydrogen-bond acceptors (Lipinski definition) is 5. The molecule has 2 aliphatic rings. The van der Waals surface area contributed by atoms with Crippen molar-refractivity contribution in [2.75, 3.05) is 49.1 Å². The van der Waals surface area contributed by atoms with Crippen LogP contribution in [0.4, 0.5) is 16.2 Å². The summed E-state index contributed by atoms with van der Waals surface area (Å²) in [7, 11) is 0. The van der Waals surface area contributed by atoms with E-state index in [0.717, 1.165) is 37.6 Å². The second kappa shape index (κ2) is 6.45. The molecule has 0 spiro atoms. The lowest BCUT2D eigenvalue weighted by molar-refractivity contribution is -0.129. The van der Waals surface area contributed by atoms with Crippen LogP contribution in [-0.4, -0.2) is 62.3 Å². The summed E-state index contributed by atoms with van der Waals surface area (Å²) in [6.07, 6.45) is -0.579. The fraction of sp³-hybridized carbons (Fsp3) is 0.500. The zero-order valence-corrected chi connectivity index (χ0v) is 13.3. The molecule has 2 saturated heterocycles. The van der Waals surface area contributed by atoms with Crippen molar-refractivity contribution in [2.24, 2.45) is 5.73 Å². The first-order valence-electron chi connectivity index (χ1n) is 7.87. The van der Waals surface area contributed by atoms with Crippen molar-refractivity contribution >= 4 is 23.4 Å². The zero-order chi connectivity index (χ0) is 16.4. The van der Waals surface area contributed by atoms with E-state index < -0.39 is 0 Å². The van der Waals surface area contributed by atoms with Crippen molar-refractivity contribution in [3.05, 3.63) is 24.3 Å². The van der Waals surface area contributed by atoms with Gasteiger partial charge in [0.2, 0.25) is 5.91 Å². The number of nitrogens with two attached hydrogens (primary N) is 1. The molecule has 1 atom stereocenters. The van der Waals surface area contributed by atoms with Crippen molar-refractivity contribution in [1.29, 1.82) is 0 Å². The Labute approximate surface area is 135 Å². The van der Waals surface area contributed by atoms with Gasteiger partial charge in [-0.1, -0.05) is 0 Å². The molecule has 0 radical (unpaired) electrons. The predicted molar refractivity (Wildman–Crippen MR) is 87.6 cm³/mol. The number of carbonyl (C=O) groups is 2. The average Bonchev–Trinajstić information content (AvgIpc) is 2.96. The fourth-order valence-corrected chi connectivity index (χ4v) is 2.98. The molecule has 23 heavy (non-hydrogen) atoms. The van der Waals surface area contributed by atoms with Crippen molar-refractivity contribution < 1.29 is 14.3 Å². The Hall–Kier alpha value is -2.28. The van der Waals surface area contributed by atoms with Gasteiger partial charge in [-0.15, -0.1) is 0 Å². The summed E-state index contributed by atoms with van der Waals surface area (Å²) in [5, 5.41) is 0. The molecule has 3 rings (SSSR count). The number of carbonyl (C=O) groups excluding carboxylic acids is 2. The number of nitrogens with zero attached hydrogens (tertiary/aromatic N) is 3. The normalized spacial score (nSPS) is 21.6. The molecule has 1 unspecified atom stereocenters. The topological polar surface area (TPSA) is 79.1 Å². The molecule has 2 aliphatic heterocycles. The van der Waals surface area contributed by atoms with E-state index in [-0.39, 0.29) is 18.1 Å². The number of hydrogen-bond donors (Lipinski definition) is 1. The van der Waals surface area contributed by atoms with Crippen LogP contribution in [-0.2, 0) is 9.53 Å². The first kappa shape index (κ1) is 15.6. The molecule has 1 aromatic carbocycles. The maximum atomic E-state index is 11.8. The third-order valence-electron chi connectivity index (χ3n) is 4.39. The maximum Gasteiger partial charge on any atom is 0.414 e. The minimum atomic E-state index is -0.344. The molecular weight excluding hydrogens is 296 g/mol. The van der Waals surface area contributed by atoms with Crippen molar-refractivity contribution in [3.8, 4) is 0 Å². The number of cyclic esters (lactones) is 1. The third-order valence-corrected chi connectivity index (χ3v) is 4.39. The minimum absolute atomic E-state index is 0.127. The van der Waals surface area contributed by atoms with E-state index >= 15 is 0 Å². The Bertz CT molecular complexity index is 581. The summed E-state index contributed by atoms with van der Waals surface area (Å²) >= 11 is 0. The maximum absolute atomic E-state index is 11.8. The number of ether oxygens (including phenoxy) is 1. The predicted octanol–water partition coefficient (Wildman–Crippen LogP) is 0.639. The van der Waals surface area contributed by atoms with E-state index in [4.69, 9.17) is 10.5 Å². The van der Waals surface area contributed by atoms with E-state index in [2.05, 4.69) is 4.90 Å². The Morgan fingerprint density at radius 3 is 2.30 bits per heavy atom. The van der Waals surface area contributed by atoms with Crippen LogP contribution in [0.1, 0.15) is 6.92 Å². The van der Waals surface area contributed by atoms with Gasteiger partial charge in [0.1, 0.15) is 6.10 Å². The Balaban J connectivity index is 1.64. The minimum Gasteiger partial charge on any atom is -0.443 e. The Kier molecular flexibility index (Phi) is 4.38. The van der Waals surface area contributed by atoms with Crippen molar-refractivity contribution in [2.45, 2.75) is 13.0 Å². The monoisotopic (exact) mass is 318 g/mol. The Morgan fingerprint density at radius 2 is 1.78 bits per heavy atom. The highest BCUT2D eigenvalue weighted by atomic mass is 16.6. The first-order valence-corrected chi connectivity index (χ1v) is 7.87. The van der Waals surface area contributed by atoms with E-state index in [1.807, 2.05) is 29.2 Å². The summed E-state index contributed by atoms with van der Waals surface area (Å²) < 4.78 is 5.17. The summed E-state index contributed by atoms with van der Waals surface area (Å²) in [4.78, 5) is 28.9. The molecule has 7 heteroatoms. The van der Waals surface area contributed by atoms with E-state index in [9.17, 15) is 9.59 Å². The molecule has 0 aromatic heterocycles. The smallest absolute Gasteiger partial charge is 0.414 e. The molecule has 0 saturated carbocycles. The van der Waals surface area contributed by atoms with Crippen LogP contribution in [0.3, 0.4) is 0 Å². The van der Waals surface area contributed by atoms with Gasteiger partial charge in [0.15, 0.2) is 0 Å². The molecule has 7 nitrogen and oxygen atoms in total. The van der Waals surface area contributed by atoms with Gasteiger partial charge in [0.05, 0.1) is 6.54 Å². The third kappa shape index (κ3) is 3.24. The van der Waals surface area contributed by atoms with Crippen LogP contribution < -0.4 is 15.5 Å². The van der Waals surface area contributed by atoms with E-state index in [1.165, 1.54) is 0 Å². The van der Waals surface area contributed by atoms with Crippen LogP contribution >= 0.6 is 0 Å². The summed E-state index contributed by atoms with van der Waals surface area (Å²) in [5.41, 5.74) is 7.47. The van der Waals surface area contributed by atoms with Crippen LogP contribution in [0.15, 0.2) is 24.3 Å². The zero-order valence-electron chi connectivity index (χ0n) is 13.3. The van der Waals surface area contributed by atoms with Gasteiger partial charge < -0.3 is 20.3 Å². The van der Waals surface area contributed by atoms with E-state index in [1.54, 1.807) is 11.8 Å². The van der Waals surface area contributed by atoms with Gasteiger partial charge >= 0.3 is 6.09 Å². The number of piperazine rings is 1. The number of rotatable bonds is 3. The summed E-state index contributed by atoms with van der Waals surface area (Å²) in [6, 6.07) is 7.85. The van der Waals surface area contributed by atoms with E-state index in [0.29, 0.717) is 13.1 Å².